The van der Waals surface area contributed by atoms with E-state index in [0.29, 0.717) is 17.3 Å². The van der Waals surface area contributed by atoms with Crippen molar-refractivity contribution in [3.8, 4) is 0 Å². The van der Waals surface area contributed by atoms with Gasteiger partial charge in [-0.3, -0.25) is 4.79 Å². The molecule has 1 heterocycles. The van der Waals surface area contributed by atoms with Gasteiger partial charge in [0.05, 0.1) is 0 Å². The first-order valence-corrected chi connectivity index (χ1v) is 8.30. The van der Waals surface area contributed by atoms with Gasteiger partial charge in [-0.15, -0.1) is 0 Å². The average molecular weight is 352 g/mol. The van der Waals surface area contributed by atoms with Crippen LogP contribution in [0.1, 0.15) is 21.5 Å². The lowest BCUT2D eigenvalue weighted by Crippen LogP contribution is -2.12. The quantitative estimate of drug-likeness (QED) is 0.642. The lowest BCUT2D eigenvalue weighted by Gasteiger charge is -2.10. The predicted molar refractivity (Wildman–Crippen MR) is 102 cm³/mol. The molecule has 2 aromatic carbocycles. The Morgan fingerprint density at radius 1 is 1.04 bits per heavy atom. The summed E-state index contributed by atoms with van der Waals surface area (Å²) in [5.74, 6) is -0.119. The molecule has 3 aromatic rings. The van der Waals surface area contributed by atoms with Crippen LogP contribution < -0.4 is 10.6 Å². The normalized spacial score (nSPS) is 10.3. The fourth-order valence-corrected chi connectivity index (χ4v) is 2.56. The van der Waals surface area contributed by atoms with Crippen LogP contribution >= 0.6 is 11.6 Å². The number of carbonyl (C=O) groups excluding carboxylic acids is 1. The first-order chi connectivity index (χ1) is 12.1. The molecule has 0 atom stereocenters. The highest BCUT2D eigenvalue weighted by atomic mass is 35.5. The van der Waals surface area contributed by atoms with E-state index in [2.05, 4.69) is 15.6 Å². The Balaban J connectivity index is 1.64. The molecule has 0 aliphatic carbocycles. The van der Waals surface area contributed by atoms with Crippen LogP contribution in [0.2, 0.25) is 5.15 Å². The van der Waals surface area contributed by atoms with Crippen molar-refractivity contribution in [2.75, 3.05) is 10.6 Å². The molecule has 0 aliphatic heterocycles. The number of carbonyl (C=O) groups is 1. The lowest BCUT2D eigenvalue weighted by molar-refractivity contribution is 0.102. The summed E-state index contributed by atoms with van der Waals surface area (Å²) < 4.78 is 0. The van der Waals surface area contributed by atoms with Crippen molar-refractivity contribution < 1.29 is 4.79 Å². The zero-order valence-corrected chi connectivity index (χ0v) is 14.5. The van der Waals surface area contributed by atoms with E-state index < -0.39 is 0 Å². The lowest BCUT2D eigenvalue weighted by atomic mass is 10.1. The van der Waals surface area contributed by atoms with Gasteiger partial charge in [0.1, 0.15) is 5.15 Å². The molecular formula is C20H18ClN3O. The number of anilines is 2. The second-order valence-electron chi connectivity index (χ2n) is 5.74. The van der Waals surface area contributed by atoms with Gasteiger partial charge >= 0.3 is 0 Å². The van der Waals surface area contributed by atoms with Gasteiger partial charge in [-0.1, -0.05) is 41.4 Å². The second kappa shape index (κ2) is 7.81. The molecule has 5 heteroatoms. The smallest absolute Gasteiger partial charge is 0.255 e. The zero-order chi connectivity index (χ0) is 17.6. The molecule has 0 spiro atoms. The van der Waals surface area contributed by atoms with Crippen molar-refractivity contribution in [1.29, 1.82) is 0 Å². The van der Waals surface area contributed by atoms with E-state index in [9.17, 15) is 4.79 Å². The molecule has 3 rings (SSSR count). The van der Waals surface area contributed by atoms with Crippen LogP contribution in [0.5, 0.6) is 0 Å². The third kappa shape index (κ3) is 4.81. The van der Waals surface area contributed by atoms with Gasteiger partial charge in [0.15, 0.2) is 0 Å². The Hall–Kier alpha value is -2.85. The number of nitrogens with zero attached hydrogens (tertiary/aromatic N) is 1. The summed E-state index contributed by atoms with van der Waals surface area (Å²) in [6.07, 6.45) is 1.66. The number of aromatic nitrogens is 1. The topological polar surface area (TPSA) is 54.0 Å². The predicted octanol–water partition coefficient (Wildman–Crippen LogP) is 4.91. The van der Waals surface area contributed by atoms with Crippen LogP contribution in [0.25, 0.3) is 0 Å². The van der Waals surface area contributed by atoms with Gasteiger partial charge in [-0.2, -0.15) is 0 Å². The van der Waals surface area contributed by atoms with Gasteiger partial charge in [0, 0.05) is 29.7 Å². The van der Waals surface area contributed by atoms with Gasteiger partial charge < -0.3 is 10.6 Å². The molecule has 4 nitrogen and oxygen atoms in total. The molecule has 2 N–H and O–H groups in total. The SMILES string of the molecule is Cc1ccc(C(=O)Nc2cccc(CNc3ccnc(Cl)c3)c2)cc1. The maximum Gasteiger partial charge on any atom is 0.255 e. The Bertz CT molecular complexity index is 878. The molecule has 126 valence electrons. The number of amides is 1. The first-order valence-electron chi connectivity index (χ1n) is 7.92. The highest BCUT2D eigenvalue weighted by Gasteiger charge is 2.06. The van der Waals surface area contributed by atoms with E-state index in [1.165, 1.54) is 0 Å². The van der Waals surface area contributed by atoms with Crippen molar-refractivity contribution in [3.63, 3.8) is 0 Å². The number of hydrogen-bond acceptors (Lipinski definition) is 3. The van der Waals surface area contributed by atoms with E-state index >= 15 is 0 Å². The standard InChI is InChI=1S/C20H18ClN3O/c1-14-5-7-16(8-6-14)20(25)24-18-4-2-3-15(11-18)13-23-17-9-10-22-19(21)12-17/h2-12H,13H2,1H3,(H,22,23)(H,24,25). The van der Waals surface area contributed by atoms with E-state index in [-0.39, 0.29) is 5.91 Å². The molecule has 0 aliphatic rings. The summed E-state index contributed by atoms with van der Waals surface area (Å²) >= 11 is 5.88. The minimum Gasteiger partial charge on any atom is -0.381 e. The van der Waals surface area contributed by atoms with Gasteiger partial charge in [0.25, 0.3) is 5.91 Å². The number of nitrogens with one attached hydrogen (secondary N) is 2. The molecular weight excluding hydrogens is 334 g/mol. The fraction of sp³-hybridized carbons (Fsp3) is 0.100. The zero-order valence-electron chi connectivity index (χ0n) is 13.8. The molecule has 0 radical (unpaired) electrons. The maximum atomic E-state index is 12.3. The van der Waals surface area contributed by atoms with Crippen molar-refractivity contribution in [2.45, 2.75) is 13.5 Å². The number of benzene rings is 2. The molecule has 1 aromatic heterocycles. The largest absolute Gasteiger partial charge is 0.381 e. The molecule has 0 saturated carbocycles. The molecule has 25 heavy (non-hydrogen) atoms. The highest BCUT2D eigenvalue weighted by Crippen LogP contribution is 2.16. The van der Waals surface area contributed by atoms with E-state index in [1.807, 2.05) is 61.5 Å². The Morgan fingerprint density at radius 2 is 1.84 bits per heavy atom. The van der Waals surface area contributed by atoms with E-state index in [1.54, 1.807) is 12.3 Å². The number of aryl methyl sites for hydroxylation is 1. The van der Waals surface area contributed by atoms with Crippen LogP contribution in [0.15, 0.2) is 66.9 Å². The highest BCUT2D eigenvalue weighted by molar-refractivity contribution is 6.29. The number of pyridine rings is 1. The van der Waals surface area contributed by atoms with Gasteiger partial charge in [-0.25, -0.2) is 4.98 Å². The third-order valence-corrected chi connectivity index (χ3v) is 3.93. The van der Waals surface area contributed by atoms with E-state index in [4.69, 9.17) is 11.6 Å². The van der Waals surface area contributed by atoms with Gasteiger partial charge in [-0.05, 0) is 48.9 Å². The van der Waals surface area contributed by atoms with E-state index in [0.717, 1.165) is 22.5 Å². The minimum atomic E-state index is -0.119. The monoisotopic (exact) mass is 351 g/mol. The molecule has 0 saturated heterocycles. The Kier molecular flexibility index (Phi) is 5.31. The van der Waals surface area contributed by atoms with Crippen molar-refractivity contribution in [1.82, 2.24) is 4.98 Å². The minimum absolute atomic E-state index is 0.119. The summed E-state index contributed by atoms with van der Waals surface area (Å²) in [6, 6.07) is 18.9. The van der Waals surface area contributed by atoms with Crippen LogP contribution in [-0.2, 0) is 6.54 Å². The Labute approximate surface area is 151 Å². The van der Waals surface area contributed by atoms with Gasteiger partial charge in [0.2, 0.25) is 0 Å². The van der Waals surface area contributed by atoms with Crippen LogP contribution in [-0.4, -0.2) is 10.9 Å². The van der Waals surface area contributed by atoms with Crippen molar-refractivity contribution >= 4 is 28.9 Å². The average Bonchev–Trinajstić information content (AvgIpc) is 2.61. The van der Waals surface area contributed by atoms with Crippen LogP contribution in [0.4, 0.5) is 11.4 Å². The van der Waals surface area contributed by atoms with Crippen molar-refractivity contribution in [2.24, 2.45) is 0 Å². The van der Waals surface area contributed by atoms with Crippen LogP contribution in [0.3, 0.4) is 0 Å². The summed E-state index contributed by atoms with van der Waals surface area (Å²) in [6.45, 7) is 2.61. The molecule has 1 amide bonds. The fourth-order valence-electron chi connectivity index (χ4n) is 2.38. The maximum absolute atomic E-state index is 12.3. The van der Waals surface area contributed by atoms with Crippen LogP contribution in [0, 0.1) is 6.92 Å². The number of hydrogen-bond donors (Lipinski definition) is 2. The Morgan fingerprint density at radius 3 is 2.60 bits per heavy atom. The number of halogens is 1. The summed E-state index contributed by atoms with van der Waals surface area (Å²) in [5, 5.41) is 6.66. The summed E-state index contributed by atoms with van der Waals surface area (Å²) in [4.78, 5) is 16.3. The second-order valence-corrected chi connectivity index (χ2v) is 6.13. The van der Waals surface area contributed by atoms with Crippen molar-refractivity contribution in [3.05, 3.63) is 88.7 Å². The first kappa shape index (κ1) is 17.0. The molecule has 0 bridgehead atoms. The summed E-state index contributed by atoms with van der Waals surface area (Å²) in [7, 11) is 0. The number of rotatable bonds is 5. The summed E-state index contributed by atoms with van der Waals surface area (Å²) in [5.41, 5.74) is 4.47. The third-order valence-electron chi connectivity index (χ3n) is 3.72. The molecule has 0 unspecified atom stereocenters. The molecule has 0 fully saturated rings.